The number of para-hydroxylation sites is 1. The van der Waals surface area contributed by atoms with Crippen LogP contribution in [0.5, 0.6) is 5.75 Å². The molecule has 31 heavy (non-hydrogen) atoms. The maximum absolute atomic E-state index is 13.3. The fourth-order valence-electron chi connectivity index (χ4n) is 3.78. The molecule has 4 rings (SSSR count). The van der Waals surface area contributed by atoms with Crippen molar-refractivity contribution in [3.8, 4) is 5.75 Å². The smallest absolute Gasteiger partial charge is 0.262 e. The number of carbonyl (C=O) groups is 3. The topological polar surface area (TPSA) is 75.7 Å². The Morgan fingerprint density at radius 1 is 0.871 bits per heavy atom. The number of nitrogens with zero attached hydrogens (tertiary/aromatic N) is 1. The maximum Gasteiger partial charge on any atom is 0.262 e. The predicted molar refractivity (Wildman–Crippen MR) is 116 cm³/mol. The van der Waals surface area contributed by atoms with E-state index in [4.69, 9.17) is 4.74 Å². The van der Waals surface area contributed by atoms with Crippen LogP contribution in [0.4, 0.5) is 0 Å². The van der Waals surface area contributed by atoms with Crippen LogP contribution in [0, 0.1) is 0 Å². The Hall–Kier alpha value is -3.93. The first-order valence-corrected chi connectivity index (χ1v) is 10.0. The molecule has 3 amide bonds. The number of imide groups is 1. The van der Waals surface area contributed by atoms with Crippen molar-refractivity contribution in [2.75, 3.05) is 7.11 Å². The molecule has 0 fully saturated rings. The molecular weight excluding hydrogens is 392 g/mol. The van der Waals surface area contributed by atoms with Crippen LogP contribution in [0.15, 0.2) is 78.9 Å². The van der Waals surface area contributed by atoms with Crippen molar-refractivity contribution in [1.82, 2.24) is 10.2 Å². The van der Waals surface area contributed by atoms with Gasteiger partial charge in [-0.1, -0.05) is 60.7 Å². The summed E-state index contributed by atoms with van der Waals surface area (Å²) < 4.78 is 5.34. The van der Waals surface area contributed by atoms with Gasteiger partial charge in [0.2, 0.25) is 5.91 Å². The highest BCUT2D eigenvalue weighted by atomic mass is 16.5. The molecule has 1 N–H and O–H groups in total. The molecule has 1 aliphatic heterocycles. The van der Waals surface area contributed by atoms with E-state index in [1.807, 2.05) is 54.6 Å². The molecule has 156 valence electrons. The van der Waals surface area contributed by atoms with Crippen molar-refractivity contribution < 1.29 is 19.1 Å². The van der Waals surface area contributed by atoms with Crippen molar-refractivity contribution >= 4 is 17.7 Å². The lowest BCUT2D eigenvalue weighted by atomic mass is 10.0. The molecule has 0 saturated carbocycles. The molecule has 0 aliphatic carbocycles. The van der Waals surface area contributed by atoms with Gasteiger partial charge in [0.15, 0.2) is 0 Å². The highest BCUT2D eigenvalue weighted by molar-refractivity contribution is 6.22. The first-order chi connectivity index (χ1) is 15.1. The molecule has 0 radical (unpaired) electrons. The lowest BCUT2D eigenvalue weighted by Crippen LogP contribution is -2.50. The zero-order valence-electron chi connectivity index (χ0n) is 17.1. The van der Waals surface area contributed by atoms with Gasteiger partial charge in [0.1, 0.15) is 11.8 Å². The molecule has 0 aromatic heterocycles. The van der Waals surface area contributed by atoms with Crippen LogP contribution in [0.3, 0.4) is 0 Å². The SMILES string of the molecule is COc1ccccc1CNC(=O)[C@@H](Cc1ccccc1)N1C(=O)c2ccccc2C1=O. The third-order valence-electron chi connectivity index (χ3n) is 5.36. The zero-order chi connectivity index (χ0) is 21.8. The summed E-state index contributed by atoms with van der Waals surface area (Å²) >= 11 is 0. The second-order valence-electron chi connectivity index (χ2n) is 7.26. The van der Waals surface area contributed by atoms with Crippen LogP contribution < -0.4 is 10.1 Å². The lowest BCUT2D eigenvalue weighted by Gasteiger charge is -2.25. The lowest BCUT2D eigenvalue weighted by molar-refractivity contribution is -0.125. The number of nitrogens with one attached hydrogen (secondary N) is 1. The van der Waals surface area contributed by atoms with E-state index in [9.17, 15) is 14.4 Å². The van der Waals surface area contributed by atoms with Crippen LogP contribution in [0.1, 0.15) is 31.8 Å². The van der Waals surface area contributed by atoms with Crippen LogP contribution in [-0.4, -0.2) is 35.8 Å². The normalized spacial score (nSPS) is 13.6. The number of hydrogen-bond acceptors (Lipinski definition) is 4. The fraction of sp³-hybridized carbons (Fsp3) is 0.160. The molecule has 1 heterocycles. The predicted octanol–water partition coefficient (Wildman–Crippen LogP) is 3.22. The minimum Gasteiger partial charge on any atom is -0.496 e. The van der Waals surface area contributed by atoms with E-state index in [2.05, 4.69) is 5.32 Å². The Kier molecular flexibility index (Phi) is 5.80. The number of carbonyl (C=O) groups excluding carboxylic acids is 3. The number of hydrogen-bond donors (Lipinski definition) is 1. The van der Waals surface area contributed by atoms with Gasteiger partial charge in [-0.05, 0) is 23.8 Å². The third kappa shape index (κ3) is 4.05. The Labute approximate surface area is 180 Å². The zero-order valence-corrected chi connectivity index (χ0v) is 17.1. The molecule has 6 nitrogen and oxygen atoms in total. The number of amides is 3. The van der Waals surface area contributed by atoms with Gasteiger partial charge in [-0.15, -0.1) is 0 Å². The average Bonchev–Trinajstić information content (AvgIpc) is 3.07. The Morgan fingerprint density at radius 2 is 1.45 bits per heavy atom. The first-order valence-electron chi connectivity index (χ1n) is 10.0. The molecule has 1 aliphatic rings. The summed E-state index contributed by atoms with van der Waals surface area (Å²) in [5.41, 5.74) is 2.31. The molecule has 0 spiro atoms. The van der Waals surface area contributed by atoms with Crippen molar-refractivity contribution in [3.63, 3.8) is 0 Å². The maximum atomic E-state index is 13.3. The summed E-state index contributed by atoms with van der Waals surface area (Å²) in [5, 5.41) is 2.87. The molecule has 6 heteroatoms. The van der Waals surface area contributed by atoms with E-state index in [0.717, 1.165) is 16.0 Å². The number of methoxy groups -OCH3 is 1. The quantitative estimate of drug-likeness (QED) is 0.603. The molecule has 0 saturated heterocycles. The second-order valence-corrected chi connectivity index (χ2v) is 7.26. The van der Waals surface area contributed by atoms with E-state index >= 15 is 0 Å². The van der Waals surface area contributed by atoms with E-state index in [0.29, 0.717) is 16.9 Å². The minimum atomic E-state index is -0.968. The Morgan fingerprint density at radius 3 is 2.10 bits per heavy atom. The molecule has 0 unspecified atom stereocenters. The number of fused-ring (bicyclic) bond motifs is 1. The molecular formula is C25H22N2O4. The van der Waals surface area contributed by atoms with Gasteiger partial charge in [-0.25, -0.2) is 0 Å². The van der Waals surface area contributed by atoms with Crippen LogP contribution >= 0.6 is 0 Å². The summed E-state index contributed by atoms with van der Waals surface area (Å²) in [5.74, 6) is -0.643. The van der Waals surface area contributed by atoms with Crippen molar-refractivity contribution in [2.24, 2.45) is 0 Å². The second kappa shape index (κ2) is 8.83. The van der Waals surface area contributed by atoms with Crippen molar-refractivity contribution in [2.45, 2.75) is 19.0 Å². The Balaban J connectivity index is 1.61. The van der Waals surface area contributed by atoms with Gasteiger partial charge in [-0.2, -0.15) is 0 Å². The van der Waals surface area contributed by atoms with Gasteiger partial charge < -0.3 is 10.1 Å². The highest BCUT2D eigenvalue weighted by Crippen LogP contribution is 2.26. The monoisotopic (exact) mass is 414 g/mol. The third-order valence-corrected chi connectivity index (χ3v) is 5.36. The van der Waals surface area contributed by atoms with Crippen molar-refractivity contribution in [1.29, 1.82) is 0 Å². The minimum absolute atomic E-state index is 0.220. The van der Waals surface area contributed by atoms with Crippen LogP contribution in [0.2, 0.25) is 0 Å². The van der Waals surface area contributed by atoms with E-state index in [-0.39, 0.29) is 13.0 Å². The van der Waals surface area contributed by atoms with E-state index in [1.165, 1.54) is 0 Å². The summed E-state index contributed by atoms with van der Waals surface area (Å²) in [7, 11) is 1.57. The van der Waals surface area contributed by atoms with Gasteiger partial charge in [0.25, 0.3) is 11.8 Å². The van der Waals surface area contributed by atoms with Gasteiger partial charge in [0.05, 0.1) is 18.2 Å². The summed E-state index contributed by atoms with van der Waals surface area (Å²) in [6.07, 6.45) is 0.226. The van der Waals surface area contributed by atoms with Crippen LogP contribution in [-0.2, 0) is 17.8 Å². The summed E-state index contributed by atoms with van der Waals surface area (Å²) in [6.45, 7) is 0.220. The van der Waals surface area contributed by atoms with E-state index < -0.39 is 23.8 Å². The molecule has 3 aromatic rings. The molecule has 1 atom stereocenters. The number of rotatable bonds is 7. The number of ether oxygens (including phenoxy) is 1. The molecule has 0 bridgehead atoms. The first kappa shape index (κ1) is 20.3. The summed E-state index contributed by atoms with van der Waals surface area (Å²) in [4.78, 5) is 40.4. The Bertz CT molecular complexity index is 1090. The summed E-state index contributed by atoms with van der Waals surface area (Å²) in [6, 6.07) is 22.4. The van der Waals surface area contributed by atoms with E-state index in [1.54, 1.807) is 31.4 Å². The molecule has 3 aromatic carbocycles. The fourth-order valence-corrected chi connectivity index (χ4v) is 3.78. The van der Waals surface area contributed by atoms with Crippen molar-refractivity contribution in [3.05, 3.63) is 101 Å². The average molecular weight is 414 g/mol. The van der Waals surface area contributed by atoms with Crippen LogP contribution in [0.25, 0.3) is 0 Å². The van der Waals surface area contributed by atoms with Gasteiger partial charge in [0, 0.05) is 18.5 Å². The standard InChI is InChI=1S/C25H22N2O4/c1-31-22-14-8-5-11-18(22)16-26-23(28)21(15-17-9-3-2-4-10-17)27-24(29)19-12-6-7-13-20(19)25(27)30/h2-14,21H,15-16H2,1H3,(H,26,28)/t21-/m1/s1. The largest absolute Gasteiger partial charge is 0.496 e. The van der Waals surface area contributed by atoms with Gasteiger partial charge >= 0.3 is 0 Å². The van der Waals surface area contributed by atoms with Gasteiger partial charge in [-0.3, -0.25) is 19.3 Å². The number of benzene rings is 3. The highest BCUT2D eigenvalue weighted by Gasteiger charge is 2.42.